The van der Waals surface area contributed by atoms with Crippen molar-refractivity contribution in [2.75, 3.05) is 20.6 Å². The average molecular weight is 312 g/mol. The van der Waals surface area contributed by atoms with Gasteiger partial charge in [-0.15, -0.1) is 0 Å². The van der Waals surface area contributed by atoms with Crippen LogP contribution in [0.5, 0.6) is 0 Å². The van der Waals surface area contributed by atoms with Gasteiger partial charge in [0.1, 0.15) is 0 Å². The molecule has 0 fully saturated rings. The molecule has 0 heterocycles. The molecule has 0 rings (SSSR count). The van der Waals surface area contributed by atoms with Crippen molar-refractivity contribution in [3.63, 3.8) is 0 Å². The maximum atomic E-state index is 2.39. The summed E-state index contributed by atoms with van der Waals surface area (Å²) in [4.78, 5) is 2.39. The Balaban J connectivity index is 3.58. The first-order chi connectivity index (χ1) is 10.7. The van der Waals surface area contributed by atoms with Crippen molar-refractivity contribution in [1.29, 1.82) is 0 Å². The van der Waals surface area contributed by atoms with E-state index in [0.717, 1.165) is 5.92 Å². The monoisotopic (exact) mass is 311 g/mol. The smallest absolute Gasteiger partial charge is 0.000356 e. The topological polar surface area (TPSA) is 3.24 Å². The third kappa shape index (κ3) is 16.3. The van der Waals surface area contributed by atoms with Crippen LogP contribution in [0, 0.1) is 5.92 Å². The molecule has 1 heteroatoms. The molecule has 0 aromatic rings. The lowest BCUT2D eigenvalue weighted by molar-refractivity contribution is 0.286. The van der Waals surface area contributed by atoms with Crippen molar-refractivity contribution >= 4 is 0 Å². The van der Waals surface area contributed by atoms with Crippen molar-refractivity contribution < 1.29 is 0 Å². The van der Waals surface area contributed by atoms with Crippen LogP contribution in [0.4, 0.5) is 0 Å². The summed E-state index contributed by atoms with van der Waals surface area (Å²) < 4.78 is 0. The highest BCUT2D eigenvalue weighted by Crippen LogP contribution is 2.19. The van der Waals surface area contributed by atoms with Gasteiger partial charge in [0.15, 0.2) is 0 Å². The molecule has 0 amide bonds. The SMILES string of the molecule is CCCCCCCCCCC(CCCCCCC)CN(C)C. The van der Waals surface area contributed by atoms with Crippen LogP contribution in [0.3, 0.4) is 0 Å². The van der Waals surface area contributed by atoms with Gasteiger partial charge in [-0.2, -0.15) is 0 Å². The summed E-state index contributed by atoms with van der Waals surface area (Å²) in [6, 6.07) is 0. The molecule has 0 aliphatic heterocycles. The van der Waals surface area contributed by atoms with Gasteiger partial charge in [0, 0.05) is 6.54 Å². The van der Waals surface area contributed by atoms with E-state index in [1.807, 2.05) is 0 Å². The number of nitrogens with zero attached hydrogens (tertiary/aromatic N) is 1. The molecule has 134 valence electrons. The Morgan fingerprint density at radius 3 is 1.27 bits per heavy atom. The van der Waals surface area contributed by atoms with Gasteiger partial charge in [-0.1, -0.05) is 97.3 Å². The first-order valence-corrected chi connectivity index (χ1v) is 10.3. The van der Waals surface area contributed by atoms with Crippen molar-refractivity contribution in [2.24, 2.45) is 5.92 Å². The molecule has 0 aliphatic carbocycles. The minimum absolute atomic E-state index is 0.941. The molecule has 0 N–H and O–H groups in total. The van der Waals surface area contributed by atoms with Crippen molar-refractivity contribution in [3.8, 4) is 0 Å². The molecule has 0 radical (unpaired) electrons. The predicted octanol–water partition coefficient (Wildman–Crippen LogP) is 7.06. The van der Waals surface area contributed by atoms with Gasteiger partial charge in [0.2, 0.25) is 0 Å². The van der Waals surface area contributed by atoms with E-state index in [0.29, 0.717) is 0 Å². The molecular weight excluding hydrogens is 266 g/mol. The molecule has 1 unspecified atom stereocenters. The summed E-state index contributed by atoms with van der Waals surface area (Å²) in [5.74, 6) is 0.941. The Kier molecular flexibility index (Phi) is 17.3. The van der Waals surface area contributed by atoms with E-state index >= 15 is 0 Å². The normalized spacial score (nSPS) is 13.0. The highest BCUT2D eigenvalue weighted by molar-refractivity contribution is 4.63. The van der Waals surface area contributed by atoms with Crippen molar-refractivity contribution in [3.05, 3.63) is 0 Å². The lowest BCUT2D eigenvalue weighted by atomic mass is 9.93. The fourth-order valence-corrected chi connectivity index (χ4v) is 3.45. The van der Waals surface area contributed by atoms with Gasteiger partial charge in [0.25, 0.3) is 0 Å². The molecular formula is C21H45N. The largest absolute Gasteiger partial charge is 0.309 e. The molecule has 0 saturated heterocycles. The minimum atomic E-state index is 0.941. The van der Waals surface area contributed by atoms with Gasteiger partial charge in [0.05, 0.1) is 0 Å². The van der Waals surface area contributed by atoms with Gasteiger partial charge >= 0.3 is 0 Å². The zero-order valence-electron chi connectivity index (χ0n) is 16.3. The average Bonchev–Trinajstić information content (AvgIpc) is 2.48. The Labute approximate surface area is 142 Å². The molecule has 0 bridgehead atoms. The number of unbranched alkanes of at least 4 members (excludes halogenated alkanes) is 11. The fourth-order valence-electron chi connectivity index (χ4n) is 3.45. The van der Waals surface area contributed by atoms with Crippen LogP contribution in [-0.4, -0.2) is 25.5 Å². The van der Waals surface area contributed by atoms with E-state index in [2.05, 4.69) is 32.8 Å². The minimum Gasteiger partial charge on any atom is -0.309 e. The summed E-state index contributed by atoms with van der Waals surface area (Å²) >= 11 is 0. The number of rotatable bonds is 17. The highest BCUT2D eigenvalue weighted by atomic mass is 15.1. The van der Waals surface area contributed by atoms with Crippen LogP contribution < -0.4 is 0 Å². The Morgan fingerprint density at radius 2 is 0.909 bits per heavy atom. The highest BCUT2D eigenvalue weighted by Gasteiger charge is 2.09. The summed E-state index contributed by atoms with van der Waals surface area (Å²) in [7, 11) is 4.47. The molecule has 1 atom stereocenters. The summed E-state index contributed by atoms with van der Waals surface area (Å²) in [6.07, 6.45) is 21.6. The third-order valence-electron chi connectivity index (χ3n) is 4.81. The molecule has 0 aromatic heterocycles. The van der Waals surface area contributed by atoms with E-state index in [-0.39, 0.29) is 0 Å². The first-order valence-electron chi connectivity index (χ1n) is 10.3. The maximum absolute atomic E-state index is 2.39. The zero-order chi connectivity index (χ0) is 16.5. The molecule has 0 aromatic carbocycles. The van der Waals surface area contributed by atoms with E-state index in [4.69, 9.17) is 0 Å². The van der Waals surface area contributed by atoms with Crippen molar-refractivity contribution in [2.45, 2.75) is 110 Å². The summed E-state index contributed by atoms with van der Waals surface area (Å²) in [6.45, 7) is 5.90. The van der Waals surface area contributed by atoms with Gasteiger partial charge in [-0.25, -0.2) is 0 Å². The van der Waals surface area contributed by atoms with E-state index in [1.165, 1.54) is 103 Å². The molecule has 1 nitrogen and oxygen atoms in total. The van der Waals surface area contributed by atoms with Crippen molar-refractivity contribution in [1.82, 2.24) is 4.90 Å². The van der Waals surface area contributed by atoms with Crippen LogP contribution in [0.15, 0.2) is 0 Å². The number of hydrogen-bond donors (Lipinski definition) is 0. The van der Waals surface area contributed by atoms with E-state index < -0.39 is 0 Å². The van der Waals surface area contributed by atoms with E-state index in [9.17, 15) is 0 Å². The van der Waals surface area contributed by atoms with Crippen LogP contribution in [0.1, 0.15) is 110 Å². The second-order valence-corrected chi connectivity index (χ2v) is 7.59. The molecule has 0 spiro atoms. The second kappa shape index (κ2) is 17.3. The second-order valence-electron chi connectivity index (χ2n) is 7.59. The van der Waals surface area contributed by atoms with E-state index in [1.54, 1.807) is 0 Å². The molecule has 0 aliphatic rings. The first kappa shape index (κ1) is 22.0. The van der Waals surface area contributed by atoms with Crippen LogP contribution in [0.25, 0.3) is 0 Å². The quantitative estimate of drug-likeness (QED) is 0.260. The molecule has 0 saturated carbocycles. The number of hydrogen-bond acceptors (Lipinski definition) is 1. The van der Waals surface area contributed by atoms with Crippen LogP contribution >= 0.6 is 0 Å². The molecule has 22 heavy (non-hydrogen) atoms. The maximum Gasteiger partial charge on any atom is 0.000356 e. The standard InChI is InChI=1S/C21H45N/c1-5-7-9-11-12-13-15-17-19-21(20-22(3)4)18-16-14-10-8-6-2/h21H,5-20H2,1-4H3. The van der Waals surface area contributed by atoms with Gasteiger partial charge < -0.3 is 4.90 Å². The summed E-state index contributed by atoms with van der Waals surface area (Å²) in [5, 5.41) is 0. The third-order valence-corrected chi connectivity index (χ3v) is 4.81. The van der Waals surface area contributed by atoms with Crippen LogP contribution in [0.2, 0.25) is 0 Å². The zero-order valence-corrected chi connectivity index (χ0v) is 16.3. The fraction of sp³-hybridized carbons (Fsp3) is 1.00. The van der Waals surface area contributed by atoms with Gasteiger partial charge in [-0.3, -0.25) is 0 Å². The van der Waals surface area contributed by atoms with Gasteiger partial charge in [-0.05, 0) is 32.9 Å². The lowest BCUT2D eigenvalue weighted by Gasteiger charge is -2.21. The Morgan fingerprint density at radius 1 is 0.545 bits per heavy atom. The lowest BCUT2D eigenvalue weighted by Crippen LogP contribution is -2.21. The Hall–Kier alpha value is -0.0400. The predicted molar refractivity (Wildman–Crippen MR) is 103 cm³/mol. The van der Waals surface area contributed by atoms with Crippen LogP contribution in [-0.2, 0) is 0 Å². The Bertz CT molecular complexity index is 200. The summed E-state index contributed by atoms with van der Waals surface area (Å²) in [5.41, 5.74) is 0.